The van der Waals surface area contributed by atoms with Gasteiger partial charge < -0.3 is 14.4 Å². The van der Waals surface area contributed by atoms with E-state index in [4.69, 9.17) is 9.47 Å². The summed E-state index contributed by atoms with van der Waals surface area (Å²) in [6.07, 6.45) is 3.62. The van der Waals surface area contributed by atoms with E-state index in [1.165, 1.54) is 6.08 Å². The summed E-state index contributed by atoms with van der Waals surface area (Å²) in [5.41, 5.74) is -0.516. The van der Waals surface area contributed by atoms with Gasteiger partial charge in [0.2, 0.25) is 0 Å². The Morgan fingerprint density at radius 2 is 2.00 bits per heavy atom. The minimum atomic E-state index is -0.516. The van der Waals surface area contributed by atoms with Crippen LogP contribution < -0.4 is 0 Å². The highest BCUT2D eigenvalue weighted by atomic mass is 16.6. The van der Waals surface area contributed by atoms with Gasteiger partial charge in [-0.25, -0.2) is 9.59 Å². The SMILES string of the molecule is CCOC(=O)/C=C/[C@@H]1C[C@H](C)CN1C(=O)OC(C)(C)C. The number of ether oxygens (including phenoxy) is 2. The van der Waals surface area contributed by atoms with Crippen LogP contribution in [0.3, 0.4) is 0 Å². The molecular weight excluding hydrogens is 258 g/mol. The van der Waals surface area contributed by atoms with Crippen LogP contribution in [0, 0.1) is 5.92 Å². The molecule has 0 unspecified atom stereocenters. The Hall–Kier alpha value is -1.52. The molecule has 1 saturated heterocycles. The number of hydrogen-bond acceptors (Lipinski definition) is 4. The molecule has 114 valence electrons. The van der Waals surface area contributed by atoms with Gasteiger partial charge in [-0.15, -0.1) is 0 Å². The Labute approximate surface area is 120 Å². The minimum Gasteiger partial charge on any atom is -0.463 e. The summed E-state index contributed by atoms with van der Waals surface area (Å²) in [5.74, 6) is 0.00977. The lowest BCUT2D eigenvalue weighted by atomic mass is 10.1. The van der Waals surface area contributed by atoms with Gasteiger partial charge in [-0.1, -0.05) is 13.0 Å². The van der Waals surface area contributed by atoms with E-state index in [2.05, 4.69) is 6.92 Å². The third-order valence-electron chi connectivity index (χ3n) is 2.92. The van der Waals surface area contributed by atoms with Gasteiger partial charge in [-0.3, -0.25) is 0 Å². The van der Waals surface area contributed by atoms with Gasteiger partial charge in [0.1, 0.15) is 5.60 Å². The Balaban J connectivity index is 2.69. The second kappa shape index (κ2) is 6.77. The van der Waals surface area contributed by atoms with E-state index in [9.17, 15) is 9.59 Å². The zero-order valence-electron chi connectivity index (χ0n) is 13.0. The van der Waals surface area contributed by atoms with Gasteiger partial charge in [0.05, 0.1) is 12.6 Å². The number of rotatable bonds is 3. The second-order valence-corrected chi connectivity index (χ2v) is 6.15. The quantitative estimate of drug-likeness (QED) is 0.590. The van der Waals surface area contributed by atoms with Crippen molar-refractivity contribution in [1.29, 1.82) is 0 Å². The monoisotopic (exact) mass is 283 g/mol. The number of nitrogens with zero attached hydrogens (tertiary/aromatic N) is 1. The molecule has 1 amide bonds. The van der Waals surface area contributed by atoms with Gasteiger partial charge in [0, 0.05) is 12.6 Å². The number of carbonyl (C=O) groups is 2. The molecule has 0 spiro atoms. The molecule has 1 rings (SSSR count). The smallest absolute Gasteiger partial charge is 0.410 e. The molecule has 0 aromatic carbocycles. The van der Waals surface area contributed by atoms with E-state index >= 15 is 0 Å². The van der Waals surface area contributed by atoms with Gasteiger partial charge in [-0.05, 0) is 40.0 Å². The predicted octanol–water partition coefficient (Wildman–Crippen LogP) is 2.75. The standard InChI is InChI=1S/C15H25NO4/c1-6-19-13(17)8-7-12-9-11(2)10-16(12)14(18)20-15(3,4)5/h7-8,11-12H,6,9-10H2,1-5H3/b8-7+/t11-,12+/m0/s1. The van der Waals surface area contributed by atoms with Crippen LogP contribution in [0.15, 0.2) is 12.2 Å². The number of likely N-dealkylation sites (tertiary alicyclic amines) is 1. The first kappa shape index (κ1) is 16.5. The van der Waals surface area contributed by atoms with Crippen LogP contribution in [0.1, 0.15) is 41.0 Å². The van der Waals surface area contributed by atoms with Crippen molar-refractivity contribution in [3.05, 3.63) is 12.2 Å². The average Bonchev–Trinajstić information content (AvgIpc) is 2.66. The molecule has 1 aliphatic rings. The number of carbonyl (C=O) groups excluding carboxylic acids is 2. The summed E-state index contributed by atoms with van der Waals surface area (Å²) < 4.78 is 10.2. The van der Waals surface area contributed by atoms with Gasteiger partial charge >= 0.3 is 12.1 Å². The number of hydrogen-bond donors (Lipinski definition) is 0. The molecule has 20 heavy (non-hydrogen) atoms. The van der Waals surface area contributed by atoms with Crippen LogP contribution in [-0.2, 0) is 14.3 Å². The Kier molecular flexibility index (Phi) is 5.60. The topological polar surface area (TPSA) is 55.8 Å². The molecule has 1 aliphatic heterocycles. The fourth-order valence-electron chi connectivity index (χ4n) is 2.18. The fourth-order valence-corrected chi connectivity index (χ4v) is 2.18. The van der Waals surface area contributed by atoms with E-state index < -0.39 is 5.60 Å². The molecule has 5 nitrogen and oxygen atoms in total. The lowest BCUT2D eigenvalue weighted by Gasteiger charge is -2.27. The van der Waals surface area contributed by atoms with Crippen LogP contribution in [0.4, 0.5) is 4.79 Å². The lowest BCUT2D eigenvalue weighted by Crippen LogP contribution is -2.39. The molecule has 0 saturated carbocycles. The maximum atomic E-state index is 12.1. The van der Waals surface area contributed by atoms with E-state index in [1.807, 2.05) is 20.8 Å². The summed E-state index contributed by atoms with van der Waals surface area (Å²) >= 11 is 0. The first-order chi connectivity index (χ1) is 9.23. The van der Waals surface area contributed by atoms with Crippen LogP contribution >= 0.6 is 0 Å². The summed E-state index contributed by atoms with van der Waals surface area (Å²) in [4.78, 5) is 25.2. The van der Waals surface area contributed by atoms with Gasteiger partial charge in [0.25, 0.3) is 0 Å². The molecular formula is C15H25NO4. The van der Waals surface area contributed by atoms with Crippen molar-refractivity contribution in [3.63, 3.8) is 0 Å². The zero-order valence-corrected chi connectivity index (χ0v) is 13.0. The molecule has 0 aromatic heterocycles. The average molecular weight is 283 g/mol. The summed E-state index contributed by atoms with van der Waals surface area (Å²) in [5, 5.41) is 0. The Bertz CT molecular complexity index is 384. The molecule has 5 heteroatoms. The first-order valence-electron chi connectivity index (χ1n) is 7.07. The molecule has 2 atom stereocenters. The first-order valence-corrected chi connectivity index (χ1v) is 7.07. The number of amides is 1. The van der Waals surface area contributed by atoms with E-state index in [0.717, 1.165) is 6.42 Å². The largest absolute Gasteiger partial charge is 0.463 e. The highest BCUT2D eigenvalue weighted by Crippen LogP contribution is 2.25. The highest BCUT2D eigenvalue weighted by molar-refractivity contribution is 5.82. The Morgan fingerprint density at radius 1 is 1.35 bits per heavy atom. The normalized spacial score (nSPS) is 23.1. The van der Waals surface area contributed by atoms with Crippen molar-refractivity contribution in [2.45, 2.75) is 52.7 Å². The summed E-state index contributed by atoms with van der Waals surface area (Å²) in [6, 6.07) is -0.107. The van der Waals surface area contributed by atoms with E-state index in [0.29, 0.717) is 19.1 Å². The number of esters is 1. The Morgan fingerprint density at radius 3 is 2.55 bits per heavy atom. The van der Waals surface area contributed by atoms with Crippen molar-refractivity contribution < 1.29 is 19.1 Å². The summed E-state index contributed by atoms with van der Waals surface area (Å²) in [6.45, 7) is 10.4. The molecule has 0 radical (unpaired) electrons. The van der Waals surface area contributed by atoms with Crippen molar-refractivity contribution in [1.82, 2.24) is 4.90 Å². The van der Waals surface area contributed by atoms with E-state index in [-0.39, 0.29) is 18.1 Å². The maximum Gasteiger partial charge on any atom is 0.410 e. The molecule has 1 fully saturated rings. The fraction of sp³-hybridized carbons (Fsp3) is 0.733. The van der Waals surface area contributed by atoms with E-state index in [1.54, 1.807) is 17.9 Å². The van der Waals surface area contributed by atoms with Crippen molar-refractivity contribution in [2.75, 3.05) is 13.2 Å². The predicted molar refractivity (Wildman–Crippen MR) is 76.3 cm³/mol. The van der Waals surface area contributed by atoms with Crippen molar-refractivity contribution in [3.8, 4) is 0 Å². The van der Waals surface area contributed by atoms with Crippen molar-refractivity contribution >= 4 is 12.1 Å². The van der Waals surface area contributed by atoms with Gasteiger partial charge in [-0.2, -0.15) is 0 Å². The second-order valence-electron chi connectivity index (χ2n) is 6.15. The third-order valence-corrected chi connectivity index (χ3v) is 2.92. The van der Waals surface area contributed by atoms with Gasteiger partial charge in [0.15, 0.2) is 0 Å². The molecule has 0 aliphatic carbocycles. The maximum absolute atomic E-state index is 12.1. The molecule has 0 N–H and O–H groups in total. The molecule has 1 heterocycles. The summed E-state index contributed by atoms with van der Waals surface area (Å²) in [7, 11) is 0. The zero-order chi connectivity index (χ0) is 15.3. The van der Waals surface area contributed by atoms with Crippen LogP contribution in [0.5, 0.6) is 0 Å². The van der Waals surface area contributed by atoms with Crippen LogP contribution in [0.25, 0.3) is 0 Å². The van der Waals surface area contributed by atoms with Crippen LogP contribution in [-0.4, -0.2) is 41.8 Å². The third kappa shape index (κ3) is 5.23. The lowest BCUT2D eigenvalue weighted by molar-refractivity contribution is -0.137. The molecule has 0 aromatic rings. The highest BCUT2D eigenvalue weighted by Gasteiger charge is 2.34. The minimum absolute atomic E-state index is 0.107. The molecule has 0 bridgehead atoms. The van der Waals surface area contributed by atoms with Crippen molar-refractivity contribution in [2.24, 2.45) is 5.92 Å². The van der Waals surface area contributed by atoms with Crippen LogP contribution in [0.2, 0.25) is 0 Å².